The lowest BCUT2D eigenvalue weighted by Crippen LogP contribution is -2.44. The highest BCUT2D eigenvalue weighted by molar-refractivity contribution is 5.68. The largest absolute Gasteiger partial charge is 0.444 e. The summed E-state index contributed by atoms with van der Waals surface area (Å²) in [6.45, 7) is 6.79. The third kappa shape index (κ3) is 4.84. The van der Waals surface area contributed by atoms with E-state index in [0.717, 1.165) is 25.2 Å². The molecule has 6 nitrogen and oxygen atoms in total. The van der Waals surface area contributed by atoms with Crippen LogP contribution in [0.4, 0.5) is 15.1 Å². The first kappa shape index (κ1) is 15.5. The van der Waals surface area contributed by atoms with E-state index in [1.165, 1.54) is 0 Å². The van der Waals surface area contributed by atoms with Crippen molar-refractivity contribution in [1.82, 2.24) is 14.9 Å². The standard InChI is InChI=1S/C14H21FN4O2/c1-14(2,3)21-13(20)19-6-4-11(5-7-19)18-12-16-8-10(15)9-17-12/h8-9,11H,4-7H2,1-3H3,(H,16,17,18). The van der Waals surface area contributed by atoms with Gasteiger partial charge < -0.3 is 15.0 Å². The maximum atomic E-state index is 12.7. The first-order chi connectivity index (χ1) is 9.83. The first-order valence-corrected chi connectivity index (χ1v) is 7.05. The Hall–Kier alpha value is -1.92. The number of piperidine rings is 1. The van der Waals surface area contributed by atoms with Gasteiger partial charge >= 0.3 is 6.09 Å². The van der Waals surface area contributed by atoms with Crippen LogP contribution in [0.15, 0.2) is 12.4 Å². The summed E-state index contributed by atoms with van der Waals surface area (Å²) in [7, 11) is 0. The molecular formula is C14H21FN4O2. The molecule has 1 aromatic heterocycles. The Labute approximate surface area is 123 Å². The second kappa shape index (κ2) is 6.24. The van der Waals surface area contributed by atoms with E-state index in [1.54, 1.807) is 4.90 Å². The van der Waals surface area contributed by atoms with Crippen LogP contribution in [0.5, 0.6) is 0 Å². The summed E-state index contributed by atoms with van der Waals surface area (Å²) in [5.41, 5.74) is -0.478. The van der Waals surface area contributed by atoms with Crippen LogP contribution in [0.2, 0.25) is 0 Å². The molecule has 1 amide bonds. The maximum absolute atomic E-state index is 12.7. The highest BCUT2D eigenvalue weighted by Gasteiger charge is 2.26. The normalized spacial score (nSPS) is 16.7. The number of carbonyl (C=O) groups is 1. The van der Waals surface area contributed by atoms with Crippen LogP contribution in [0.25, 0.3) is 0 Å². The van der Waals surface area contributed by atoms with E-state index in [2.05, 4.69) is 15.3 Å². The van der Waals surface area contributed by atoms with Gasteiger partial charge in [0.25, 0.3) is 0 Å². The van der Waals surface area contributed by atoms with Crippen LogP contribution in [0, 0.1) is 5.82 Å². The van der Waals surface area contributed by atoms with Gasteiger partial charge in [-0.05, 0) is 33.6 Å². The molecule has 2 heterocycles. The number of ether oxygens (including phenoxy) is 1. The molecule has 0 unspecified atom stereocenters. The summed E-state index contributed by atoms with van der Waals surface area (Å²) in [5.74, 6) is -0.0487. The Morgan fingerprint density at radius 2 is 1.90 bits per heavy atom. The van der Waals surface area contributed by atoms with Gasteiger partial charge in [-0.25, -0.2) is 19.2 Å². The minimum atomic E-state index is -0.478. The summed E-state index contributed by atoms with van der Waals surface area (Å²) in [6.07, 6.45) is 3.54. The Morgan fingerprint density at radius 3 is 2.43 bits per heavy atom. The number of anilines is 1. The molecule has 0 atom stereocenters. The molecule has 21 heavy (non-hydrogen) atoms. The second-order valence-corrected chi connectivity index (χ2v) is 6.11. The molecule has 0 spiro atoms. The summed E-state index contributed by atoms with van der Waals surface area (Å²) in [6, 6.07) is 0.175. The van der Waals surface area contributed by atoms with Gasteiger partial charge in [-0.2, -0.15) is 0 Å². The molecule has 0 aromatic carbocycles. The lowest BCUT2D eigenvalue weighted by atomic mass is 10.1. The highest BCUT2D eigenvalue weighted by atomic mass is 19.1. The van der Waals surface area contributed by atoms with Gasteiger partial charge in [0, 0.05) is 19.1 Å². The number of likely N-dealkylation sites (tertiary alicyclic amines) is 1. The number of halogens is 1. The van der Waals surface area contributed by atoms with Crippen molar-refractivity contribution >= 4 is 12.0 Å². The van der Waals surface area contributed by atoms with Crippen molar-refractivity contribution < 1.29 is 13.9 Å². The van der Waals surface area contributed by atoms with E-state index in [-0.39, 0.29) is 12.1 Å². The van der Waals surface area contributed by atoms with Crippen molar-refractivity contribution in [3.8, 4) is 0 Å². The van der Waals surface area contributed by atoms with Crippen LogP contribution >= 0.6 is 0 Å². The van der Waals surface area contributed by atoms with Crippen LogP contribution in [-0.4, -0.2) is 45.7 Å². The molecule has 1 aliphatic heterocycles. The molecule has 1 N–H and O–H groups in total. The smallest absolute Gasteiger partial charge is 0.410 e. The number of aromatic nitrogens is 2. The van der Waals surface area contributed by atoms with Crippen LogP contribution < -0.4 is 5.32 Å². The molecule has 0 bridgehead atoms. The van der Waals surface area contributed by atoms with Gasteiger partial charge in [-0.1, -0.05) is 0 Å². The molecule has 2 rings (SSSR count). The van der Waals surface area contributed by atoms with Crippen molar-refractivity contribution in [2.75, 3.05) is 18.4 Å². The predicted octanol–water partition coefficient (Wildman–Crippen LogP) is 2.43. The molecular weight excluding hydrogens is 275 g/mol. The van der Waals surface area contributed by atoms with Crippen molar-refractivity contribution in [3.05, 3.63) is 18.2 Å². The number of nitrogens with zero attached hydrogens (tertiary/aromatic N) is 3. The third-order valence-corrected chi connectivity index (χ3v) is 3.10. The number of rotatable bonds is 2. The summed E-state index contributed by atoms with van der Waals surface area (Å²) in [5, 5.41) is 3.15. The molecule has 1 aliphatic rings. The van der Waals surface area contributed by atoms with Crippen LogP contribution in [0.1, 0.15) is 33.6 Å². The number of hydrogen-bond acceptors (Lipinski definition) is 5. The second-order valence-electron chi connectivity index (χ2n) is 6.11. The molecule has 116 valence electrons. The van der Waals surface area contributed by atoms with Gasteiger partial charge in [0.05, 0.1) is 12.4 Å². The van der Waals surface area contributed by atoms with Gasteiger partial charge in [0.15, 0.2) is 5.82 Å². The molecule has 0 radical (unpaired) electrons. The number of amides is 1. The fraction of sp³-hybridized carbons (Fsp3) is 0.643. The lowest BCUT2D eigenvalue weighted by Gasteiger charge is -2.33. The Balaban J connectivity index is 1.80. The Bertz CT molecular complexity index is 479. The molecule has 7 heteroatoms. The summed E-state index contributed by atoms with van der Waals surface area (Å²) in [4.78, 5) is 21.4. The van der Waals surface area contributed by atoms with Crippen molar-refractivity contribution in [3.63, 3.8) is 0 Å². The minimum absolute atomic E-state index is 0.175. The zero-order chi connectivity index (χ0) is 15.5. The van der Waals surface area contributed by atoms with E-state index in [9.17, 15) is 9.18 Å². The van der Waals surface area contributed by atoms with E-state index in [1.807, 2.05) is 20.8 Å². The van der Waals surface area contributed by atoms with Crippen LogP contribution in [-0.2, 0) is 4.74 Å². The highest BCUT2D eigenvalue weighted by Crippen LogP contribution is 2.17. The molecule has 1 aromatic rings. The number of nitrogens with one attached hydrogen (secondary N) is 1. The summed E-state index contributed by atoms with van der Waals surface area (Å²) >= 11 is 0. The predicted molar refractivity (Wildman–Crippen MR) is 76.4 cm³/mol. The Morgan fingerprint density at radius 1 is 1.33 bits per heavy atom. The third-order valence-electron chi connectivity index (χ3n) is 3.10. The van der Waals surface area contributed by atoms with Crippen molar-refractivity contribution in [2.45, 2.75) is 45.3 Å². The number of carbonyl (C=O) groups excluding carboxylic acids is 1. The van der Waals surface area contributed by atoms with Crippen molar-refractivity contribution in [2.24, 2.45) is 0 Å². The van der Waals surface area contributed by atoms with Crippen LogP contribution in [0.3, 0.4) is 0 Å². The monoisotopic (exact) mass is 296 g/mol. The maximum Gasteiger partial charge on any atom is 0.410 e. The lowest BCUT2D eigenvalue weighted by molar-refractivity contribution is 0.0210. The molecule has 1 fully saturated rings. The quantitative estimate of drug-likeness (QED) is 0.908. The fourth-order valence-corrected chi connectivity index (χ4v) is 2.10. The number of hydrogen-bond donors (Lipinski definition) is 1. The minimum Gasteiger partial charge on any atom is -0.444 e. The van der Waals surface area contributed by atoms with Gasteiger partial charge in [-0.15, -0.1) is 0 Å². The van der Waals surface area contributed by atoms with Gasteiger partial charge in [0.2, 0.25) is 5.95 Å². The zero-order valence-corrected chi connectivity index (χ0v) is 12.6. The molecule has 1 saturated heterocycles. The van der Waals surface area contributed by atoms with Gasteiger partial charge in [0.1, 0.15) is 5.60 Å². The van der Waals surface area contributed by atoms with E-state index >= 15 is 0 Å². The molecule has 0 aliphatic carbocycles. The molecule has 0 saturated carbocycles. The average Bonchev–Trinajstić information content (AvgIpc) is 2.40. The fourth-order valence-electron chi connectivity index (χ4n) is 2.10. The van der Waals surface area contributed by atoms with Crippen molar-refractivity contribution in [1.29, 1.82) is 0 Å². The van der Waals surface area contributed by atoms with E-state index < -0.39 is 11.4 Å². The zero-order valence-electron chi connectivity index (χ0n) is 12.6. The SMILES string of the molecule is CC(C)(C)OC(=O)N1CCC(Nc2ncc(F)cn2)CC1. The van der Waals surface area contributed by atoms with Gasteiger partial charge in [-0.3, -0.25) is 0 Å². The Kier molecular flexibility index (Phi) is 4.59. The van der Waals surface area contributed by atoms with E-state index in [4.69, 9.17) is 4.74 Å². The van der Waals surface area contributed by atoms with E-state index in [0.29, 0.717) is 19.0 Å². The average molecular weight is 296 g/mol. The summed E-state index contributed by atoms with van der Waals surface area (Å²) < 4.78 is 18.1. The topological polar surface area (TPSA) is 67.3 Å². The first-order valence-electron chi connectivity index (χ1n) is 7.05.